The van der Waals surface area contributed by atoms with Crippen molar-refractivity contribution in [2.45, 2.75) is 102 Å². The first-order valence-electron chi connectivity index (χ1n) is 12.2. The minimum absolute atomic E-state index is 0.122. The summed E-state index contributed by atoms with van der Waals surface area (Å²) in [6.45, 7) is 0. The van der Waals surface area contributed by atoms with Crippen LogP contribution in [-0.4, -0.2) is 0 Å². The van der Waals surface area contributed by atoms with Crippen LogP contribution < -0.4 is 0 Å². The van der Waals surface area contributed by atoms with Crippen molar-refractivity contribution in [1.29, 1.82) is 0 Å². The molecule has 2 aliphatic carbocycles. The van der Waals surface area contributed by atoms with Crippen LogP contribution in [-0.2, 0) is 0 Å². The normalized spacial score (nSPS) is 28.1. The van der Waals surface area contributed by atoms with Gasteiger partial charge in [-0.05, 0) is 79.9 Å². The Bertz CT molecular complexity index is 575. The van der Waals surface area contributed by atoms with E-state index in [2.05, 4.69) is 0 Å². The average Bonchev–Trinajstić information content (AvgIpc) is 2.76. The van der Waals surface area contributed by atoms with Crippen LogP contribution in [0.5, 0.6) is 0 Å². The van der Waals surface area contributed by atoms with E-state index in [9.17, 15) is 8.78 Å². The van der Waals surface area contributed by atoms with E-state index in [1.165, 1.54) is 89.0 Å². The fraction of sp³-hybridized carbons (Fsp3) is 0.704. The van der Waals surface area contributed by atoms with Crippen LogP contribution in [0.15, 0.2) is 36.7 Å². The minimum atomic E-state index is -0.122. The Morgan fingerprint density at radius 1 is 0.690 bits per heavy atom. The molecule has 0 saturated heterocycles. The summed E-state index contributed by atoms with van der Waals surface area (Å²) < 4.78 is 25.0. The van der Waals surface area contributed by atoms with Gasteiger partial charge >= 0.3 is 0 Å². The van der Waals surface area contributed by atoms with Crippen molar-refractivity contribution in [3.8, 4) is 0 Å². The van der Waals surface area contributed by atoms with E-state index in [4.69, 9.17) is 0 Å². The van der Waals surface area contributed by atoms with Crippen LogP contribution >= 0.6 is 0 Å². The molecule has 0 N–H and O–H groups in total. The fourth-order valence-corrected chi connectivity index (χ4v) is 5.73. The summed E-state index contributed by atoms with van der Waals surface area (Å²) >= 11 is 0. The van der Waals surface area contributed by atoms with E-state index in [1.54, 1.807) is 18.2 Å². The van der Waals surface area contributed by atoms with Crippen LogP contribution in [0.3, 0.4) is 0 Å². The van der Waals surface area contributed by atoms with Gasteiger partial charge in [0.05, 0.1) is 6.33 Å². The Morgan fingerprint density at radius 3 is 1.83 bits per heavy atom. The van der Waals surface area contributed by atoms with Crippen LogP contribution in [0, 0.1) is 23.6 Å². The van der Waals surface area contributed by atoms with Crippen molar-refractivity contribution in [2.24, 2.45) is 17.8 Å². The lowest BCUT2D eigenvalue weighted by Crippen LogP contribution is -2.17. The quantitative estimate of drug-likeness (QED) is 0.342. The molecule has 0 unspecified atom stereocenters. The van der Waals surface area contributed by atoms with Crippen molar-refractivity contribution in [3.63, 3.8) is 0 Å². The third-order valence-electron chi connectivity index (χ3n) is 7.71. The Labute approximate surface area is 177 Å². The zero-order chi connectivity index (χ0) is 20.3. The summed E-state index contributed by atoms with van der Waals surface area (Å²) in [5, 5.41) is 0. The molecule has 0 spiro atoms. The first kappa shape index (κ1) is 22.5. The summed E-state index contributed by atoms with van der Waals surface area (Å²) in [6, 6.07) is 7.20. The second-order valence-electron chi connectivity index (χ2n) is 9.73. The van der Waals surface area contributed by atoms with Gasteiger partial charge in [0.1, 0.15) is 5.82 Å². The molecule has 1 aromatic rings. The smallest absolute Gasteiger partial charge is 0.123 e. The predicted molar refractivity (Wildman–Crippen MR) is 119 cm³/mol. The lowest BCUT2D eigenvalue weighted by molar-refractivity contribution is 0.222. The molecule has 0 heterocycles. The largest absolute Gasteiger partial charge is 0.216 e. The first-order valence-corrected chi connectivity index (χ1v) is 12.2. The molecular weight excluding hydrogens is 362 g/mol. The van der Waals surface area contributed by atoms with E-state index in [0.717, 1.165) is 30.6 Å². The SMILES string of the molecule is FC=CCCCCCC1CCC(CCC2CCC(c3ccc(F)cc3)CC2)CC1. The maximum atomic E-state index is 13.1. The highest BCUT2D eigenvalue weighted by Crippen LogP contribution is 2.40. The maximum absolute atomic E-state index is 13.1. The number of unbranched alkanes of at least 4 members (excludes halogenated alkanes) is 3. The molecular formula is C27H40F2. The second kappa shape index (κ2) is 12.5. The molecule has 2 saturated carbocycles. The molecule has 0 nitrogen and oxygen atoms in total. The average molecular weight is 403 g/mol. The molecule has 0 bridgehead atoms. The molecule has 162 valence electrons. The van der Waals surface area contributed by atoms with Crippen LogP contribution in [0.2, 0.25) is 0 Å². The van der Waals surface area contributed by atoms with Crippen LogP contribution in [0.4, 0.5) is 8.78 Å². The number of rotatable bonds is 10. The zero-order valence-corrected chi connectivity index (χ0v) is 18.1. The number of benzene rings is 1. The molecule has 2 heteroatoms. The summed E-state index contributed by atoms with van der Waals surface area (Å²) in [5.74, 6) is 3.37. The molecule has 29 heavy (non-hydrogen) atoms. The highest BCUT2D eigenvalue weighted by molar-refractivity contribution is 5.20. The van der Waals surface area contributed by atoms with Crippen molar-refractivity contribution in [1.82, 2.24) is 0 Å². The molecule has 1 aromatic carbocycles. The summed E-state index contributed by atoms with van der Waals surface area (Å²) in [4.78, 5) is 0. The van der Waals surface area contributed by atoms with E-state index < -0.39 is 0 Å². The predicted octanol–water partition coefficient (Wildman–Crippen LogP) is 9.12. The molecule has 0 aromatic heterocycles. The third kappa shape index (κ3) is 7.87. The van der Waals surface area contributed by atoms with Crippen molar-refractivity contribution in [3.05, 3.63) is 48.1 Å². The van der Waals surface area contributed by atoms with E-state index in [-0.39, 0.29) is 5.82 Å². The molecule has 0 aliphatic heterocycles. The van der Waals surface area contributed by atoms with Gasteiger partial charge in [-0.15, -0.1) is 0 Å². The van der Waals surface area contributed by atoms with Gasteiger partial charge in [0, 0.05) is 0 Å². The third-order valence-corrected chi connectivity index (χ3v) is 7.71. The molecule has 2 aliphatic rings. The fourth-order valence-electron chi connectivity index (χ4n) is 5.73. The lowest BCUT2D eigenvalue weighted by atomic mass is 9.74. The van der Waals surface area contributed by atoms with Crippen molar-refractivity contribution in [2.75, 3.05) is 0 Å². The molecule has 3 rings (SSSR count). The zero-order valence-electron chi connectivity index (χ0n) is 18.1. The van der Waals surface area contributed by atoms with E-state index in [1.807, 2.05) is 12.1 Å². The number of allylic oxidation sites excluding steroid dienone is 1. The van der Waals surface area contributed by atoms with Gasteiger partial charge in [-0.1, -0.05) is 76.0 Å². The number of hydrogen-bond donors (Lipinski definition) is 0. The first-order chi connectivity index (χ1) is 14.2. The van der Waals surface area contributed by atoms with Gasteiger partial charge in [0.25, 0.3) is 0 Å². The van der Waals surface area contributed by atoms with E-state index in [0.29, 0.717) is 12.2 Å². The molecule has 0 amide bonds. The van der Waals surface area contributed by atoms with Gasteiger partial charge in [0.15, 0.2) is 0 Å². The Balaban J connectivity index is 1.24. The number of hydrogen-bond acceptors (Lipinski definition) is 0. The standard InChI is InChI=1S/C27H40F2/c28-21-5-3-1-2-4-6-22-7-9-23(10-8-22)11-12-24-13-15-25(16-14-24)26-17-19-27(29)20-18-26/h5,17-25H,1-4,6-16H2. The van der Waals surface area contributed by atoms with Crippen molar-refractivity contribution >= 4 is 0 Å². The van der Waals surface area contributed by atoms with Crippen molar-refractivity contribution < 1.29 is 8.78 Å². The Kier molecular flexibility index (Phi) is 9.70. The summed E-state index contributed by atoms with van der Waals surface area (Å²) in [7, 11) is 0. The van der Waals surface area contributed by atoms with Gasteiger partial charge in [-0.2, -0.15) is 0 Å². The maximum Gasteiger partial charge on any atom is 0.123 e. The lowest BCUT2D eigenvalue weighted by Gasteiger charge is -2.32. The number of halogens is 2. The molecule has 2 fully saturated rings. The van der Waals surface area contributed by atoms with Gasteiger partial charge < -0.3 is 0 Å². The highest BCUT2D eigenvalue weighted by Gasteiger charge is 2.25. The van der Waals surface area contributed by atoms with Gasteiger partial charge in [-0.3, -0.25) is 0 Å². The minimum Gasteiger partial charge on any atom is -0.216 e. The Hall–Kier alpha value is -1.18. The van der Waals surface area contributed by atoms with Gasteiger partial charge in [-0.25, -0.2) is 8.78 Å². The highest BCUT2D eigenvalue weighted by atomic mass is 19.1. The summed E-state index contributed by atoms with van der Waals surface area (Å²) in [6.07, 6.45) is 22.2. The van der Waals surface area contributed by atoms with Crippen LogP contribution in [0.25, 0.3) is 0 Å². The second-order valence-corrected chi connectivity index (χ2v) is 9.73. The summed E-state index contributed by atoms with van der Waals surface area (Å²) in [5.41, 5.74) is 1.34. The molecule has 0 radical (unpaired) electrons. The topological polar surface area (TPSA) is 0 Å². The van der Waals surface area contributed by atoms with E-state index >= 15 is 0 Å². The monoisotopic (exact) mass is 402 g/mol. The molecule has 0 atom stereocenters. The Morgan fingerprint density at radius 2 is 1.24 bits per heavy atom. The van der Waals surface area contributed by atoms with Gasteiger partial charge in [0.2, 0.25) is 0 Å². The van der Waals surface area contributed by atoms with Crippen LogP contribution in [0.1, 0.15) is 108 Å².